The fourth-order valence-electron chi connectivity index (χ4n) is 3.92. The van der Waals surface area contributed by atoms with Crippen molar-refractivity contribution in [2.45, 2.75) is 50.7 Å². The van der Waals surface area contributed by atoms with Crippen LogP contribution in [0.25, 0.3) is 0 Å². The van der Waals surface area contributed by atoms with Gasteiger partial charge in [0, 0.05) is 19.2 Å². The van der Waals surface area contributed by atoms with Gasteiger partial charge in [0.1, 0.15) is 12.0 Å². The summed E-state index contributed by atoms with van der Waals surface area (Å²) in [4.78, 5) is 28.4. The van der Waals surface area contributed by atoms with Crippen LogP contribution in [0.15, 0.2) is 12.3 Å². The molecule has 1 saturated heterocycles. The molecule has 1 aliphatic heterocycles. The highest BCUT2D eigenvalue weighted by Crippen LogP contribution is 2.42. The van der Waals surface area contributed by atoms with Crippen molar-refractivity contribution in [1.82, 2.24) is 4.98 Å². The van der Waals surface area contributed by atoms with Crippen molar-refractivity contribution in [3.8, 4) is 0 Å². The first-order valence-electron chi connectivity index (χ1n) is 8.11. The number of nitro groups is 1. The zero-order valence-electron chi connectivity index (χ0n) is 13.9. The molecule has 1 aromatic rings. The monoisotopic (exact) mass is 334 g/mol. The highest BCUT2D eigenvalue weighted by molar-refractivity contribution is 5.98. The molecule has 1 aromatic heterocycles. The van der Waals surface area contributed by atoms with Crippen molar-refractivity contribution in [2.24, 2.45) is 5.73 Å². The molecule has 0 atom stereocenters. The Morgan fingerprint density at radius 2 is 2.04 bits per heavy atom. The number of aromatic nitrogens is 1. The average molecular weight is 334 g/mol. The zero-order chi connectivity index (χ0) is 17.5. The van der Waals surface area contributed by atoms with Crippen molar-refractivity contribution in [3.05, 3.63) is 27.9 Å². The van der Waals surface area contributed by atoms with Crippen LogP contribution in [-0.2, 0) is 4.74 Å². The predicted molar refractivity (Wildman–Crippen MR) is 88.0 cm³/mol. The molecule has 1 amide bonds. The van der Waals surface area contributed by atoms with Crippen molar-refractivity contribution in [3.63, 3.8) is 0 Å². The molecule has 0 aromatic carbocycles. The number of amides is 1. The van der Waals surface area contributed by atoms with Crippen molar-refractivity contribution >= 4 is 17.4 Å². The number of anilines is 1. The average Bonchev–Trinajstić information content (AvgIpc) is 2.91. The van der Waals surface area contributed by atoms with Gasteiger partial charge in [-0.05, 0) is 26.7 Å². The van der Waals surface area contributed by atoms with Gasteiger partial charge >= 0.3 is 0 Å². The van der Waals surface area contributed by atoms with Gasteiger partial charge in [-0.1, -0.05) is 12.8 Å². The summed E-state index contributed by atoms with van der Waals surface area (Å²) in [6, 6.07) is 1.20. The first-order chi connectivity index (χ1) is 11.2. The minimum Gasteiger partial charge on any atom is -0.365 e. The van der Waals surface area contributed by atoms with Crippen LogP contribution in [0.4, 0.5) is 11.5 Å². The number of nitrogens with zero attached hydrogens (tertiary/aromatic N) is 3. The zero-order valence-corrected chi connectivity index (χ0v) is 13.9. The van der Waals surface area contributed by atoms with Crippen LogP contribution < -0.4 is 10.6 Å². The lowest BCUT2D eigenvalue weighted by molar-refractivity contribution is -0.385. The molecule has 1 saturated carbocycles. The van der Waals surface area contributed by atoms with E-state index in [9.17, 15) is 14.9 Å². The Morgan fingerprint density at radius 3 is 2.62 bits per heavy atom. The molecule has 8 nitrogen and oxygen atoms in total. The molecular weight excluding hydrogens is 312 g/mol. The van der Waals surface area contributed by atoms with Gasteiger partial charge in [0.25, 0.3) is 11.6 Å². The van der Waals surface area contributed by atoms with Crippen LogP contribution in [0.3, 0.4) is 0 Å². The number of nitrogens with two attached hydrogens (primary N) is 1. The number of carbonyl (C=O) groups is 1. The molecule has 2 aliphatic rings. The Labute approximate surface area is 140 Å². The molecule has 130 valence electrons. The molecule has 2 fully saturated rings. The Morgan fingerprint density at radius 1 is 1.38 bits per heavy atom. The second-order valence-corrected chi connectivity index (χ2v) is 7.29. The van der Waals surface area contributed by atoms with Gasteiger partial charge in [0.05, 0.1) is 21.7 Å². The summed E-state index contributed by atoms with van der Waals surface area (Å²) in [5.41, 5.74) is 4.63. The van der Waals surface area contributed by atoms with Gasteiger partial charge < -0.3 is 15.4 Å². The predicted octanol–water partition coefficient (Wildman–Crippen LogP) is 2.02. The third-order valence-electron chi connectivity index (χ3n) is 4.69. The third kappa shape index (κ3) is 3.06. The van der Waals surface area contributed by atoms with Crippen LogP contribution in [0.1, 0.15) is 49.9 Å². The largest absolute Gasteiger partial charge is 0.365 e. The van der Waals surface area contributed by atoms with Crippen molar-refractivity contribution in [2.75, 3.05) is 18.0 Å². The minimum atomic E-state index is -0.717. The van der Waals surface area contributed by atoms with E-state index in [4.69, 9.17) is 10.5 Å². The summed E-state index contributed by atoms with van der Waals surface area (Å²) in [6.07, 6.45) is 5.32. The number of pyridine rings is 1. The number of primary amides is 1. The van der Waals surface area contributed by atoms with Crippen LogP contribution in [0.2, 0.25) is 0 Å². The van der Waals surface area contributed by atoms with Crippen LogP contribution >= 0.6 is 0 Å². The molecule has 3 rings (SSSR count). The maximum atomic E-state index is 11.8. The first-order valence-corrected chi connectivity index (χ1v) is 8.11. The fourth-order valence-corrected chi connectivity index (χ4v) is 3.92. The maximum Gasteiger partial charge on any atom is 0.288 e. The molecule has 1 spiro atoms. The molecule has 24 heavy (non-hydrogen) atoms. The van der Waals surface area contributed by atoms with Gasteiger partial charge in [-0.3, -0.25) is 14.9 Å². The molecule has 0 bridgehead atoms. The summed E-state index contributed by atoms with van der Waals surface area (Å²) < 4.78 is 6.34. The van der Waals surface area contributed by atoms with Gasteiger partial charge in [-0.15, -0.1) is 0 Å². The van der Waals surface area contributed by atoms with Crippen LogP contribution in [0.5, 0.6) is 0 Å². The summed E-state index contributed by atoms with van der Waals surface area (Å²) >= 11 is 0. The van der Waals surface area contributed by atoms with E-state index in [-0.39, 0.29) is 16.9 Å². The number of hydrogen-bond donors (Lipinski definition) is 1. The highest BCUT2D eigenvalue weighted by Gasteiger charge is 2.46. The topological polar surface area (TPSA) is 112 Å². The van der Waals surface area contributed by atoms with Crippen LogP contribution in [-0.4, -0.2) is 40.1 Å². The molecule has 8 heteroatoms. The van der Waals surface area contributed by atoms with E-state index in [0.717, 1.165) is 25.7 Å². The first kappa shape index (κ1) is 16.6. The number of morpholine rings is 1. The highest BCUT2D eigenvalue weighted by atomic mass is 16.6. The van der Waals surface area contributed by atoms with E-state index in [2.05, 4.69) is 4.98 Å². The Bertz CT molecular complexity index is 683. The summed E-state index contributed by atoms with van der Waals surface area (Å²) in [6.45, 7) is 5.17. The molecule has 2 N–H and O–H groups in total. The summed E-state index contributed by atoms with van der Waals surface area (Å²) in [7, 11) is 0. The van der Waals surface area contributed by atoms with Gasteiger partial charge in [0.15, 0.2) is 0 Å². The fraction of sp³-hybridized carbons (Fsp3) is 0.625. The molecule has 1 aliphatic carbocycles. The van der Waals surface area contributed by atoms with E-state index in [1.165, 1.54) is 12.3 Å². The van der Waals surface area contributed by atoms with E-state index in [0.29, 0.717) is 18.9 Å². The second-order valence-electron chi connectivity index (χ2n) is 7.29. The second kappa shape index (κ2) is 5.70. The minimum absolute atomic E-state index is 0.0787. The third-order valence-corrected chi connectivity index (χ3v) is 4.69. The van der Waals surface area contributed by atoms with Crippen molar-refractivity contribution < 1.29 is 14.5 Å². The normalized spacial score (nSPS) is 21.8. The number of rotatable bonds is 3. The van der Waals surface area contributed by atoms with E-state index < -0.39 is 16.4 Å². The van der Waals surface area contributed by atoms with Crippen molar-refractivity contribution in [1.29, 1.82) is 0 Å². The van der Waals surface area contributed by atoms with Gasteiger partial charge in [-0.2, -0.15) is 0 Å². The molecular formula is C16H22N4O4. The maximum absolute atomic E-state index is 11.8. The number of hydrogen-bond acceptors (Lipinski definition) is 6. The number of ether oxygens (including phenoxy) is 1. The smallest absolute Gasteiger partial charge is 0.288 e. The quantitative estimate of drug-likeness (QED) is 0.668. The van der Waals surface area contributed by atoms with Crippen LogP contribution in [0, 0.1) is 10.1 Å². The molecule has 0 radical (unpaired) electrons. The van der Waals surface area contributed by atoms with E-state index in [1.54, 1.807) is 0 Å². The standard InChI is InChI=1S/C16H22N4O4/c1-15(2)9-19(10-16(24-15)5-3-4-6-16)14-12(13(17)21)7-11(8-18-14)20(22)23/h7-8H,3-6,9-10H2,1-2H3,(H2,17,21). The van der Waals surface area contributed by atoms with Gasteiger partial charge in [-0.25, -0.2) is 4.98 Å². The van der Waals surface area contributed by atoms with E-state index >= 15 is 0 Å². The summed E-state index contributed by atoms with van der Waals surface area (Å²) in [5.74, 6) is -0.318. The Kier molecular flexibility index (Phi) is 3.95. The van der Waals surface area contributed by atoms with Gasteiger partial charge in [0.2, 0.25) is 0 Å². The SMILES string of the molecule is CC1(C)CN(c2ncc([N+](=O)[O-])cc2C(N)=O)CC2(CCCC2)O1. The lowest BCUT2D eigenvalue weighted by Crippen LogP contribution is -2.59. The van der Waals surface area contributed by atoms with E-state index in [1.807, 2.05) is 18.7 Å². The Hall–Kier alpha value is -2.22. The summed E-state index contributed by atoms with van der Waals surface area (Å²) in [5, 5.41) is 11.0. The Balaban J connectivity index is 2.00. The lowest BCUT2D eigenvalue weighted by atomic mass is 9.93. The molecule has 0 unspecified atom stereocenters. The lowest BCUT2D eigenvalue weighted by Gasteiger charge is -2.49. The molecule has 2 heterocycles. The number of carbonyl (C=O) groups excluding carboxylic acids is 1.